The number of rotatable bonds is 3. The second kappa shape index (κ2) is 6.04. The van der Waals surface area contributed by atoms with E-state index in [1.807, 2.05) is 26.1 Å². The maximum Gasteiger partial charge on any atom is 0.230 e. The van der Waals surface area contributed by atoms with Crippen molar-refractivity contribution in [1.82, 2.24) is 20.0 Å². The number of piperidine rings is 1. The highest BCUT2D eigenvalue weighted by molar-refractivity contribution is 6.30. The van der Waals surface area contributed by atoms with E-state index in [4.69, 9.17) is 16.1 Å². The fraction of sp³-hybridized carbons (Fsp3) is 0.467. The van der Waals surface area contributed by atoms with Crippen LogP contribution in [0, 0.1) is 6.92 Å². The van der Waals surface area contributed by atoms with Crippen LogP contribution in [0.3, 0.4) is 0 Å². The normalized spacial score (nSPS) is 18.8. The van der Waals surface area contributed by atoms with Crippen LogP contribution in [0.25, 0.3) is 0 Å². The van der Waals surface area contributed by atoms with E-state index in [9.17, 15) is 4.79 Å². The summed E-state index contributed by atoms with van der Waals surface area (Å²) in [6.45, 7) is 2.61. The van der Waals surface area contributed by atoms with Crippen molar-refractivity contribution >= 4 is 17.5 Å². The van der Waals surface area contributed by atoms with Gasteiger partial charge in [-0.1, -0.05) is 22.8 Å². The van der Waals surface area contributed by atoms with E-state index in [-0.39, 0.29) is 11.8 Å². The number of nitrogens with zero attached hydrogens (tertiary/aromatic N) is 4. The molecule has 2 aromatic heterocycles. The van der Waals surface area contributed by atoms with Gasteiger partial charge in [-0.05, 0) is 25.0 Å². The third kappa shape index (κ3) is 3.11. The van der Waals surface area contributed by atoms with Crippen LogP contribution in [0.2, 0.25) is 5.15 Å². The Morgan fingerprint density at radius 2 is 2.23 bits per heavy atom. The topological polar surface area (TPSA) is 72.1 Å². The Labute approximate surface area is 133 Å². The number of carbonyl (C=O) groups is 1. The summed E-state index contributed by atoms with van der Waals surface area (Å²) in [6.07, 6.45) is 1.73. The summed E-state index contributed by atoms with van der Waals surface area (Å²) in [7, 11) is 1.81. The molecule has 1 aliphatic heterocycles. The Kier molecular flexibility index (Phi) is 4.11. The zero-order valence-electron chi connectivity index (χ0n) is 12.5. The lowest BCUT2D eigenvalue weighted by Crippen LogP contribution is -2.34. The van der Waals surface area contributed by atoms with Crippen LogP contribution in [-0.4, -0.2) is 39.5 Å². The van der Waals surface area contributed by atoms with Crippen molar-refractivity contribution in [1.29, 1.82) is 0 Å². The third-order valence-electron chi connectivity index (χ3n) is 3.91. The van der Waals surface area contributed by atoms with E-state index in [0.29, 0.717) is 29.7 Å². The molecule has 0 aromatic carbocycles. The molecule has 0 spiro atoms. The molecule has 6 nitrogen and oxygen atoms in total. The zero-order valence-corrected chi connectivity index (χ0v) is 13.3. The predicted octanol–water partition coefficient (Wildman–Crippen LogP) is 2.35. The molecule has 1 amide bonds. The number of halogens is 1. The molecule has 0 radical (unpaired) electrons. The minimum atomic E-state index is 0.0107. The van der Waals surface area contributed by atoms with Crippen molar-refractivity contribution in [3.8, 4) is 0 Å². The Bertz CT molecular complexity index is 701. The Morgan fingerprint density at radius 3 is 2.95 bits per heavy atom. The number of carbonyl (C=O) groups excluding carboxylic acids is 1. The number of amides is 1. The molecule has 1 saturated heterocycles. The second-order valence-electron chi connectivity index (χ2n) is 5.63. The van der Waals surface area contributed by atoms with Gasteiger partial charge in [0.05, 0.1) is 0 Å². The second-order valence-corrected chi connectivity index (χ2v) is 5.99. The first kappa shape index (κ1) is 15.0. The molecule has 2 aromatic rings. The average molecular weight is 321 g/mol. The molecule has 0 N–H and O–H groups in total. The molecule has 3 heterocycles. The fourth-order valence-corrected chi connectivity index (χ4v) is 2.78. The number of hydrogen-bond donors (Lipinski definition) is 0. The average Bonchev–Trinajstić information content (AvgIpc) is 2.93. The van der Waals surface area contributed by atoms with Crippen LogP contribution in [0.4, 0.5) is 0 Å². The van der Waals surface area contributed by atoms with Crippen LogP contribution in [0.5, 0.6) is 0 Å². The highest BCUT2D eigenvalue weighted by Crippen LogP contribution is 2.27. The molecule has 1 fully saturated rings. The van der Waals surface area contributed by atoms with Gasteiger partial charge in [-0.3, -0.25) is 4.79 Å². The number of pyridine rings is 1. The summed E-state index contributed by atoms with van der Waals surface area (Å²) >= 11 is 6.12. The number of hydrogen-bond acceptors (Lipinski definition) is 5. The van der Waals surface area contributed by atoms with Crippen LogP contribution < -0.4 is 0 Å². The Morgan fingerprint density at radius 1 is 1.41 bits per heavy atom. The number of likely N-dealkylation sites (tertiary alicyclic amines) is 1. The fourth-order valence-electron chi connectivity index (χ4n) is 2.51. The first-order valence-electron chi connectivity index (χ1n) is 7.21. The smallest absolute Gasteiger partial charge is 0.230 e. The zero-order chi connectivity index (χ0) is 15.7. The van der Waals surface area contributed by atoms with Gasteiger partial charge >= 0.3 is 0 Å². The van der Waals surface area contributed by atoms with E-state index < -0.39 is 0 Å². The maximum atomic E-state index is 11.8. The Hall–Kier alpha value is -1.95. The number of aryl methyl sites for hydroxylation is 1. The predicted molar refractivity (Wildman–Crippen MR) is 80.7 cm³/mol. The van der Waals surface area contributed by atoms with Gasteiger partial charge in [0.2, 0.25) is 11.8 Å². The van der Waals surface area contributed by atoms with Crippen LogP contribution in [0.15, 0.2) is 16.7 Å². The minimum absolute atomic E-state index is 0.0107. The van der Waals surface area contributed by atoms with Crippen molar-refractivity contribution in [3.63, 3.8) is 0 Å². The molecule has 22 heavy (non-hydrogen) atoms. The van der Waals surface area contributed by atoms with Crippen LogP contribution in [0.1, 0.15) is 41.7 Å². The summed E-state index contributed by atoms with van der Waals surface area (Å²) in [5, 5.41) is 4.46. The molecule has 0 aliphatic carbocycles. The summed E-state index contributed by atoms with van der Waals surface area (Å²) in [6, 6.07) is 3.82. The van der Waals surface area contributed by atoms with E-state index in [2.05, 4.69) is 15.1 Å². The SMILES string of the molecule is Cc1ccc(Cc2noc(C3CCN(C)C(=O)C3)n2)c(Cl)n1. The van der Waals surface area contributed by atoms with Gasteiger partial charge in [-0.15, -0.1) is 0 Å². The van der Waals surface area contributed by atoms with Gasteiger partial charge in [0.15, 0.2) is 5.82 Å². The standard InChI is InChI=1S/C15H17ClN4O2/c1-9-3-4-10(14(16)17-9)7-12-18-15(22-19-12)11-5-6-20(2)13(21)8-11/h3-4,11H,5-8H2,1-2H3. The third-order valence-corrected chi connectivity index (χ3v) is 4.23. The molecule has 0 saturated carbocycles. The van der Waals surface area contributed by atoms with E-state index >= 15 is 0 Å². The van der Waals surface area contributed by atoms with Crippen molar-refractivity contribution in [2.24, 2.45) is 0 Å². The van der Waals surface area contributed by atoms with E-state index in [0.717, 1.165) is 24.2 Å². The largest absolute Gasteiger partial charge is 0.346 e. The summed E-state index contributed by atoms with van der Waals surface area (Å²) < 4.78 is 5.33. The van der Waals surface area contributed by atoms with Gasteiger partial charge in [-0.2, -0.15) is 4.98 Å². The molecular weight excluding hydrogens is 304 g/mol. The van der Waals surface area contributed by atoms with Crippen molar-refractivity contribution in [2.45, 2.75) is 32.1 Å². The quantitative estimate of drug-likeness (QED) is 0.812. The molecule has 1 unspecified atom stereocenters. The lowest BCUT2D eigenvalue weighted by atomic mass is 9.96. The molecular formula is C15H17ClN4O2. The van der Waals surface area contributed by atoms with E-state index in [1.165, 1.54) is 0 Å². The van der Waals surface area contributed by atoms with Gasteiger partial charge in [0, 0.05) is 38.0 Å². The monoisotopic (exact) mass is 320 g/mol. The minimum Gasteiger partial charge on any atom is -0.346 e. The van der Waals surface area contributed by atoms with E-state index in [1.54, 1.807) is 4.90 Å². The lowest BCUT2D eigenvalue weighted by Gasteiger charge is -2.26. The molecule has 1 aliphatic rings. The summed E-state index contributed by atoms with van der Waals surface area (Å²) in [5.74, 6) is 1.22. The lowest BCUT2D eigenvalue weighted by molar-refractivity contribution is -0.132. The van der Waals surface area contributed by atoms with Crippen molar-refractivity contribution in [2.75, 3.05) is 13.6 Å². The summed E-state index contributed by atoms with van der Waals surface area (Å²) in [5.41, 5.74) is 1.73. The number of aromatic nitrogens is 3. The molecule has 0 bridgehead atoms. The van der Waals surface area contributed by atoms with Crippen LogP contribution >= 0.6 is 11.6 Å². The molecule has 3 rings (SSSR count). The van der Waals surface area contributed by atoms with Crippen LogP contribution in [-0.2, 0) is 11.2 Å². The van der Waals surface area contributed by atoms with Crippen molar-refractivity contribution in [3.05, 3.63) is 40.3 Å². The van der Waals surface area contributed by atoms with Gasteiger partial charge < -0.3 is 9.42 Å². The summed E-state index contributed by atoms with van der Waals surface area (Å²) in [4.78, 5) is 22.1. The highest BCUT2D eigenvalue weighted by Gasteiger charge is 2.28. The molecule has 7 heteroatoms. The molecule has 1 atom stereocenters. The Balaban J connectivity index is 1.72. The van der Waals surface area contributed by atoms with Gasteiger partial charge in [-0.25, -0.2) is 4.98 Å². The highest BCUT2D eigenvalue weighted by atomic mass is 35.5. The van der Waals surface area contributed by atoms with Gasteiger partial charge in [0.1, 0.15) is 5.15 Å². The van der Waals surface area contributed by atoms with Gasteiger partial charge in [0.25, 0.3) is 0 Å². The first-order valence-corrected chi connectivity index (χ1v) is 7.59. The van der Waals surface area contributed by atoms with Crippen molar-refractivity contribution < 1.29 is 9.32 Å². The maximum absolute atomic E-state index is 11.8. The first-order chi connectivity index (χ1) is 10.5. The molecule has 116 valence electrons.